The largest absolute Gasteiger partial charge is 0.493 e. The number of thioether (sulfide) groups is 1. The SMILES string of the molecule is CCOc1ccc(C(=N)C(=NC(=O)OC)SC)cc1OC. The summed E-state index contributed by atoms with van der Waals surface area (Å²) in [4.78, 5) is 14.9. The van der Waals surface area contributed by atoms with Crippen molar-refractivity contribution in [2.45, 2.75) is 6.92 Å². The van der Waals surface area contributed by atoms with Crippen molar-refractivity contribution in [1.82, 2.24) is 0 Å². The van der Waals surface area contributed by atoms with Gasteiger partial charge in [-0.05, 0) is 31.4 Å². The van der Waals surface area contributed by atoms with Crippen LogP contribution in [0.25, 0.3) is 0 Å². The maximum absolute atomic E-state index is 11.2. The molecule has 0 radical (unpaired) electrons. The van der Waals surface area contributed by atoms with Gasteiger partial charge in [0.25, 0.3) is 0 Å². The van der Waals surface area contributed by atoms with Crippen molar-refractivity contribution in [1.29, 1.82) is 5.41 Å². The van der Waals surface area contributed by atoms with E-state index < -0.39 is 6.09 Å². The molecule has 1 aromatic carbocycles. The van der Waals surface area contributed by atoms with Crippen LogP contribution in [0.15, 0.2) is 23.2 Å². The van der Waals surface area contributed by atoms with E-state index in [1.165, 1.54) is 26.0 Å². The normalized spacial score (nSPS) is 11.0. The van der Waals surface area contributed by atoms with Crippen LogP contribution in [-0.2, 0) is 4.74 Å². The number of amides is 1. The third-order valence-electron chi connectivity index (χ3n) is 2.53. The predicted octanol–water partition coefficient (Wildman–Crippen LogP) is 2.99. The lowest BCUT2D eigenvalue weighted by molar-refractivity contribution is 0.183. The molecule has 0 saturated carbocycles. The molecule has 7 heteroatoms. The molecule has 0 unspecified atom stereocenters. The van der Waals surface area contributed by atoms with Gasteiger partial charge in [0.2, 0.25) is 0 Å². The van der Waals surface area contributed by atoms with E-state index in [0.29, 0.717) is 23.7 Å². The summed E-state index contributed by atoms with van der Waals surface area (Å²) in [7, 11) is 2.77. The van der Waals surface area contributed by atoms with Crippen LogP contribution in [0, 0.1) is 5.41 Å². The summed E-state index contributed by atoms with van der Waals surface area (Å²) >= 11 is 1.20. The molecule has 1 aromatic rings. The zero-order chi connectivity index (χ0) is 15.8. The van der Waals surface area contributed by atoms with Gasteiger partial charge in [0.05, 0.1) is 26.5 Å². The summed E-state index contributed by atoms with van der Waals surface area (Å²) in [6.07, 6.45) is 1.00. The van der Waals surface area contributed by atoms with Crippen molar-refractivity contribution in [2.24, 2.45) is 4.99 Å². The number of hydrogen-bond donors (Lipinski definition) is 1. The quantitative estimate of drug-likeness (QED) is 0.668. The first-order valence-electron chi connectivity index (χ1n) is 6.18. The molecular weight excluding hydrogens is 292 g/mol. The smallest absolute Gasteiger partial charge is 0.434 e. The second-order valence-electron chi connectivity index (χ2n) is 3.76. The molecule has 0 aliphatic carbocycles. The van der Waals surface area contributed by atoms with Gasteiger partial charge in [-0.3, -0.25) is 5.41 Å². The molecule has 0 bridgehead atoms. The second kappa shape index (κ2) is 8.31. The predicted molar refractivity (Wildman–Crippen MR) is 84.3 cm³/mol. The molecule has 114 valence electrons. The minimum absolute atomic E-state index is 0.120. The molecular formula is C14H18N2O4S. The van der Waals surface area contributed by atoms with Gasteiger partial charge in [0.1, 0.15) is 5.04 Å². The first-order chi connectivity index (χ1) is 10.1. The number of nitrogens with zero attached hydrogens (tertiary/aromatic N) is 1. The maximum atomic E-state index is 11.2. The number of methoxy groups -OCH3 is 2. The van der Waals surface area contributed by atoms with Gasteiger partial charge in [-0.1, -0.05) is 0 Å². The van der Waals surface area contributed by atoms with E-state index in [4.69, 9.17) is 14.9 Å². The Bertz CT molecular complexity index is 558. The first kappa shape index (κ1) is 17.0. The van der Waals surface area contributed by atoms with Gasteiger partial charge in [0, 0.05) is 5.56 Å². The molecule has 0 aliphatic rings. The van der Waals surface area contributed by atoms with Crippen LogP contribution in [0.5, 0.6) is 11.5 Å². The second-order valence-corrected chi connectivity index (χ2v) is 4.56. The Morgan fingerprint density at radius 3 is 2.57 bits per heavy atom. The summed E-state index contributed by atoms with van der Waals surface area (Å²) in [5.41, 5.74) is 0.696. The van der Waals surface area contributed by atoms with Crippen LogP contribution in [-0.4, -0.2) is 43.9 Å². The number of carbonyl (C=O) groups is 1. The summed E-state index contributed by atoms with van der Waals surface area (Å²) < 4.78 is 15.2. The molecule has 6 nitrogen and oxygen atoms in total. The highest BCUT2D eigenvalue weighted by Crippen LogP contribution is 2.28. The molecule has 1 rings (SSSR count). The molecule has 0 aromatic heterocycles. The van der Waals surface area contributed by atoms with Gasteiger partial charge >= 0.3 is 6.09 Å². The Labute approximate surface area is 128 Å². The van der Waals surface area contributed by atoms with Gasteiger partial charge in [0.15, 0.2) is 11.5 Å². The van der Waals surface area contributed by atoms with Crippen molar-refractivity contribution in [3.05, 3.63) is 23.8 Å². The van der Waals surface area contributed by atoms with E-state index in [1.807, 2.05) is 6.92 Å². The van der Waals surface area contributed by atoms with Crippen molar-refractivity contribution >= 4 is 28.6 Å². The van der Waals surface area contributed by atoms with E-state index in [2.05, 4.69) is 9.73 Å². The summed E-state index contributed by atoms with van der Waals surface area (Å²) in [6.45, 7) is 2.40. The molecule has 0 aliphatic heterocycles. The maximum Gasteiger partial charge on any atom is 0.434 e. The average molecular weight is 310 g/mol. The van der Waals surface area contributed by atoms with Crippen LogP contribution in [0.4, 0.5) is 4.79 Å². The number of benzene rings is 1. The standard InChI is InChI=1S/C14H18N2O4S/c1-5-20-10-7-6-9(8-11(10)18-2)12(15)13(21-4)16-14(17)19-3/h6-8,15H,5H2,1-4H3. The number of nitrogens with one attached hydrogen (secondary N) is 1. The minimum atomic E-state index is -0.734. The lowest BCUT2D eigenvalue weighted by atomic mass is 10.1. The Balaban J connectivity index is 3.12. The first-order valence-corrected chi connectivity index (χ1v) is 7.40. The fourth-order valence-corrected chi connectivity index (χ4v) is 2.04. The van der Waals surface area contributed by atoms with E-state index in [1.54, 1.807) is 24.5 Å². The summed E-state index contributed by atoms with van der Waals surface area (Å²) in [6, 6.07) is 5.12. The average Bonchev–Trinajstić information content (AvgIpc) is 2.52. The third-order valence-corrected chi connectivity index (χ3v) is 3.21. The van der Waals surface area contributed by atoms with Crippen molar-refractivity contribution < 1.29 is 19.0 Å². The molecule has 0 saturated heterocycles. The van der Waals surface area contributed by atoms with E-state index in [9.17, 15) is 4.79 Å². The highest BCUT2D eigenvalue weighted by molar-refractivity contribution is 8.15. The topological polar surface area (TPSA) is 81.0 Å². The third kappa shape index (κ3) is 4.49. The van der Waals surface area contributed by atoms with Crippen LogP contribution in [0.3, 0.4) is 0 Å². The molecule has 1 amide bonds. The number of hydrogen-bond acceptors (Lipinski definition) is 6. The van der Waals surface area contributed by atoms with Crippen LogP contribution in [0.2, 0.25) is 0 Å². The monoisotopic (exact) mass is 310 g/mol. The van der Waals surface area contributed by atoms with Gasteiger partial charge in [-0.15, -0.1) is 11.8 Å². The number of carbonyl (C=O) groups excluding carboxylic acids is 1. The van der Waals surface area contributed by atoms with Crippen LogP contribution >= 0.6 is 11.8 Å². The molecule has 21 heavy (non-hydrogen) atoms. The lowest BCUT2D eigenvalue weighted by Gasteiger charge is -2.11. The fourth-order valence-electron chi connectivity index (χ4n) is 1.55. The van der Waals surface area contributed by atoms with E-state index in [0.717, 1.165) is 0 Å². The van der Waals surface area contributed by atoms with E-state index in [-0.39, 0.29) is 10.8 Å². The van der Waals surface area contributed by atoms with Crippen molar-refractivity contribution in [2.75, 3.05) is 27.1 Å². The Morgan fingerprint density at radius 2 is 2.05 bits per heavy atom. The zero-order valence-electron chi connectivity index (χ0n) is 12.4. The lowest BCUT2D eigenvalue weighted by Crippen LogP contribution is -2.13. The molecule has 1 N–H and O–H groups in total. The van der Waals surface area contributed by atoms with Crippen molar-refractivity contribution in [3.8, 4) is 11.5 Å². The fraction of sp³-hybridized carbons (Fsp3) is 0.357. The van der Waals surface area contributed by atoms with E-state index >= 15 is 0 Å². The van der Waals surface area contributed by atoms with Gasteiger partial charge in [-0.25, -0.2) is 4.79 Å². The Morgan fingerprint density at radius 1 is 1.33 bits per heavy atom. The van der Waals surface area contributed by atoms with Gasteiger partial charge in [-0.2, -0.15) is 4.99 Å². The summed E-state index contributed by atoms with van der Waals surface area (Å²) in [5.74, 6) is 1.13. The molecule has 0 heterocycles. The number of ether oxygens (including phenoxy) is 3. The number of rotatable bonds is 5. The summed E-state index contributed by atoms with van der Waals surface area (Å²) in [5, 5.41) is 8.42. The molecule has 0 spiro atoms. The highest BCUT2D eigenvalue weighted by atomic mass is 32.2. The van der Waals surface area contributed by atoms with Crippen LogP contribution < -0.4 is 9.47 Å². The van der Waals surface area contributed by atoms with Crippen LogP contribution in [0.1, 0.15) is 12.5 Å². The number of aliphatic imine (C=N–C) groups is 1. The zero-order valence-corrected chi connectivity index (χ0v) is 13.2. The molecule has 0 atom stereocenters. The Kier molecular flexibility index (Phi) is 6.74. The van der Waals surface area contributed by atoms with Gasteiger partial charge < -0.3 is 14.2 Å². The highest BCUT2D eigenvalue weighted by Gasteiger charge is 2.14. The van der Waals surface area contributed by atoms with Crippen molar-refractivity contribution in [3.63, 3.8) is 0 Å². The molecule has 0 fully saturated rings. The minimum Gasteiger partial charge on any atom is -0.493 e. The Hall–Kier alpha value is -2.02.